The van der Waals surface area contributed by atoms with Gasteiger partial charge in [0, 0.05) is 25.4 Å². The summed E-state index contributed by atoms with van der Waals surface area (Å²) in [7, 11) is 1.67. The van der Waals surface area contributed by atoms with Gasteiger partial charge in [-0.05, 0) is 67.4 Å². The van der Waals surface area contributed by atoms with Crippen molar-refractivity contribution in [3.8, 4) is 5.75 Å². The largest absolute Gasteiger partial charge is 0.497 e. The molecule has 2 aromatic rings. The molecule has 1 aliphatic rings. The Morgan fingerprint density at radius 3 is 2.65 bits per heavy atom. The van der Waals surface area contributed by atoms with E-state index >= 15 is 0 Å². The topological polar surface area (TPSA) is 33.7 Å². The van der Waals surface area contributed by atoms with Gasteiger partial charge in [0.05, 0.1) is 13.2 Å². The van der Waals surface area contributed by atoms with Gasteiger partial charge in [-0.15, -0.1) is 0 Å². The molecule has 0 amide bonds. The lowest BCUT2D eigenvalue weighted by atomic mass is 10.1. The molecule has 1 N–H and O–H groups in total. The third kappa shape index (κ3) is 4.96. The summed E-state index contributed by atoms with van der Waals surface area (Å²) in [6, 6.07) is 16.2. The molecule has 138 valence electrons. The highest BCUT2D eigenvalue weighted by Gasteiger charge is 2.21. The molecule has 0 bridgehead atoms. The van der Waals surface area contributed by atoms with Crippen LogP contribution in [0.3, 0.4) is 0 Å². The Balaban J connectivity index is 1.72. The third-order valence-corrected chi connectivity index (χ3v) is 5.06. The van der Waals surface area contributed by atoms with E-state index in [4.69, 9.17) is 21.7 Å². The van der Waals surface area contributed by atoms with Crippen molar-refractivity contribution in [1.82, 2.24) is 4.90 Å². The van der Waals surface area contributed by atoms with Crippen molar-refractivity contribution >= 4 is 23.0 Å². The zero-order valence-electron chi connectivity index (χ0n) is 15.4. The van der Waals surface area contributed by atoms with Crippen LogP contribution in [0.1, 0.15) is 24.0 Å². The molecule has 0 aromatic heterocycles. The molecule has 1 heterocycles. The summed E-state index contributed by atoms with van der Waals surface area (Å²) >= 11 is 5.72. The maximum absolute atomic E-state index is 5.84. The van der Waals surface area contributed by atoms with Crippen LogP contribution in [-0.2, 0) is 11.3 Å². The molecule has 0 radical (unpaired) electrons. The van der Waals surface area contributed by atoms with Gasteiger partial charge in [-0.3, -0.25) is 0 Å². The standard InChI is InChI=1S/C21H26N2O2S/c1-16-6-3-4-7-17(16)14-23(15-20-8-5-13-25-20)21(26)22-18-9-11-19(24-2)12-10-18/h3-4,6-7,9-12,20H,5,8,13-15H2,1-2H3,(H,22,26). The Bertz CT molecular complexity index is 727. The van der Waals surface area contributed by atoms with E-state index in [-0.39, 0.29) is 6.10 Å². The minimum Gasteiger partial charge on any atom is -0.497 e. The molecule has 0 spiro atoms. The van der Waals surface area contributed by atoms with E-state index in [0.29, 0.717) is 5.11 Å². The second-order valence-corrected chi connectivity index (χ2v) is 6.99. The van der Waals surface area contributed by atoms with E-state index in [0.717, 1.165) is 44.0 Å². The minimum atomic E-state index is 0.245. The van der Waals surface area contributed by atoms with E-state index < -0.39 is 0 Å². The van der Waals surface area contributed by atoms with Crippen molar-refractivity contribution in [2.45, 2.75) is 32.4 Å². The van der Waals surface area contributed by atoms with Gasteiger partial charge in [-0.25, -0.2) is 0 Å². The SMILES string of the molecule is COc1ccc(NC(=S)N(Cc2ccccc2C)CC2CCCO2)cc1. The second kappa shape index (κ2) is 9.01. The molecule has 26 heavy (non-hydrogen) atoms. The first-order valence-corrected chi connectivity index (χ1v) is 9.42. The van der Waals surface area contributed by atoms with Crippen LogP contribution < -0.4 is 10.1 Å². The first-order chi connectivity index (χ1) is 12.7. The van der Waals surface area contributed by atoms with Crippen LogP contribution >= 0.6 is 12.2 Å². The van der Waals surface area contributed by atoms with Crippen LogP contribution in [0.15, 0.2) is 48.5 Å². The minimum absolute atomic E-state index is 0.245. The number of nitrogens with zero attached hydrogens (tertiary/aromatic N) is 1. The number of hydrogen-bond donors (Lipinski definition) is 1. The highest BCUT2D eigenvalue weighted by Crippen LogP contribution is 2.19. The van der Waals surface area contributed by atoms with E-state index in [9.17, 15) is 0 Å². The predicted octanol–water partition coefficient (Wildman–Crippen LogP) is 4.38. The highest BCUT2D eigenvalue weighted by atomic mass is 32.1. The highest BCUT2D eigenvalue weighted by molar-refractivity contribution is 7.80. The number of methoxy groups -OCH3 is 1. The quantitative estimate of drug-likeness (QED) is 0.763. The predicted molar refractivity (Wildman–Crippen MR) is 110 cm³/mol. The van der Waals surface area contributed by atoms with Gasteiger partial charge in [0.1, 0.15) is 5.75 Å². The maximum atomic E-state index is 5.84. The molecule has 1 saturated heterocycles. The molecular formula is C21H26N2O2S. The van der Waals surface area contributed by atoms with Crippen LogP contribution in [0, 0.1) is 6.92 Å². The monoisotopic (exact) mass is 370 g/mol. The number of ether oxygens (including phenoxy) is 2. The molecule has 3 rings (SSSR count). The molecular weight excluding hydrogens is 344 g/mol. The van der Waals surface area contributed by atoms with Gasteiger partial charge in [0.15, 0.2) is 5.11 Å². The lowest BCUT2D eigenvalue weighted by Gasteiger charge is -2.29. The molecule has 0 saturated carbocycles. The Labute approximate surface area is 161 Å². The van der Waals surface area contributed by atoms with E-state index in [1.54, 1.807) is 7.11 Å². The fourth-order valence-electron chi connectivity index (χ4n) is 3.12. The molecule has 1 fully saturated rings. The van der Waals surface area contributed by atoms with E-state index in [1.165, 1.54) is 11.1 Å². The summed E-state index contributed by atoms with van der Waals surface area (Å²) in [4.78, 5) is 2.21. The Morgan fingerprint density at radius 1 is 1.23 bits per heavy atom. The number of anilines is 1. The average molecular weight is 371 g/mol. The summed E-state index contributed by atoms with van der Waals surface area (Å²) in [5.74, 6) is 0.831. The number of thiocarbonyl (C=S) groups is 1. The Morgan fingerprint density at radius 2 is 2.00 bits per heavy atom. The number of rotatable bonds is 6. The summed E-state index contributed by atoms with van der Waals surface area (Å²) in [5.41, 5.74) is 3.51. The number of hydrogen-bond acceptors (Lipinski definition) is 3. The lowest BCUT2D eigenvalue weighted by Crippen LogP contribution is -2.39. The smallest absolute Gasteiger partial charge is 0.173 e. The van der Waals surface area contributed by atoms with Gasteiger partial charge in [-0.1, -0.05) is 24.3 Å². The van der Waals surface area contributed by atoms with Gasteiger partial charge >= 0.3 is 0 Å². The zero-order chi connectivity index (χ0) is 18.4. The van der Waals surface area contributed by atoms with E-state index in [1.807, 2.05) is 24.3 Å². The van der Waals surface area contributed by atoms with E-state index in [2.05, 4.69) is 41.4 Å². The first kappa shape index (κ1) is 18.7. The van der Waals surface area contributed by atoms with Crippen molar-refractivity contribution in [3.05, 3.63) is 59.7 Å². The van der Waals surface area contributed by atoms with Gasteiger partial charge in [-0.2, -0.15) is 0 Å². The molecule has 2 aromatic carbocycles. The maximum Gasteiger partial charge on any atom is 0.173 e. The van der Waals surface area contributed by atoms with Crippen molar-refractivity contribution in [2.24, 2.45) is 0 Å². The lowest BCUT2D eigenvalue weighted by molar-refractivity contribution is 0.0905. The summed E-state index contributed by atoms with van der Waals surface area (Å²) < 4.78 is 11.1. The van der Waals surface area contributed by atoms with Crippen molar-refractivity contribution in [3.63, 3.8) is 0 Å². The number of aryl methyl sites for hydroxylation is 1. The second-order valence-electron chi connectivity index (χ2n) is 6.60. The van der Waals surface area contributed by atoms with Gasteiger partial charge in [0.25, 0.3) is 0 Å². The summed E-state index contributed by atoms with van der Waals surface area (Å²) in [5, 5.41) is 4.07. The molecule has 1 aliphatic heterocycles. The third-order valence-electron chi connectivity index (χ3n) is 4.70. The Hall–Kier alpha value is -2.11. The summed E-state index contributed by atoms with van der Waals surface area (Å²) in [6.45, 7) is 4.56. The fourth-order valence-corrected chi connectivity index (χ4v) is 3.38. The molecule has 1 atom stereocenters. The van der Waals surface area contributed by atoms with Crippen molar-refractivity contribution < 1.29 is 9.47 Å². The first-order valence-electron chi connectivity index (χ1n) is 9.02. The molecule has 4 nitrogen and oxygen atoms in total. The van der Waals surface area contributed by atoms with Crippen molar-refractivity contribution in [2.75, 3.05) is 25.6 Å². The van der Waals surface area contributed by atoms with Gasteiger partial charge < -0.3 is 19.7 Å². The van der Waals surface area contributed by atoms with Crippen LogP contribution in [0.25, 0.3) is 0 Å². The van der Waals surface area contributed by atoms with Crippen LogP contribution in [0.5, 0.6) is 5.75 Å². The number of nitrogens with one attached hydrogen (secondary N) is 1. The van der Waals surface area contributed by atoms with Crippen LogP contribution in [0.2, 0.25) is 0 Å². The molecule has 1 unspecified atom stereocenters. The average Bonchev–Trinajstić information content (AvgIpc) is 3.16. The Kier molecular flexibility index (Phi) is 6.47. The normalized spacial score (nSPS) is 16.3. The van der Waals surface area contributed by atoms with Crippen LogP contribution in [0.4, 0.5) is 5.69 Å². The molecule has 5 heteroatoms. The zero-order valence-corrected chi connectivity index (χ0v) is 16.2. The van der Waals surface area contributed by atoms with Crippen molar-refractivity contribution in [1.29, 1.82) is 0 Å². The summed E-state index contributed by atoms with van der Waals surface area (Å²) in [6.07, 6.45) is 2.46. The molecule has 0 aliphatic carbocycles. The van der Waals surface area contributed by atoms with Gasteiger partial charge in [0.2, 0.25) is 0 Å². The number of benzene rings is 2. The van der Waals surface area contributed by atoms with Crippen LogP contribution in [-0.4, -0.2) is 36.4 Å². The fraction of sp³-hybridized carbons (Fsp3) is 0.381.